The van der Waals surface area contributed by atoms with Crippen molar-refractivity contribution >= 4 is 23.2 Å². The highest BCUT2D eigenvalue weighted by atomic mass is 19.4. The van der Waals surface area contributed by atoms with Crippen LogP contribution in [0.3, 0.4) is 0 Å². The largest absolute Gasteiger partial charge is 0.573 e. The summed E-state index contributed by atoms with van der Waals surface area (Å²) in [5.74, 6) is -3.42. The fourth-order valence-electron chi connectivity index (χ4n) is 4.57. The zero-order valence-electron chi connectivity index (χ0n) is 20.1. The number of fused-ring (bicyclic) bond motifs is 2. The van der Waals surface area contributed by atoms with E-state index in [9.17, 15) is 31.5 Å². The predicted molar refractivity (Wildman–Crippen MR) is 129 cm³/mol. The highest BCUT2D eigenvalue weighted by Crippen LogP contribution is 2.33. The Bertz CT molecular complexity index is 1380. The lowest BCUT2D eigenvalue weighted by molar-refractivity contribution is -0.274. The molecule has 2 aromatic carbocycles. The van der Waals surface area contributed by atoms with Crippen molar-refractivity contribution in [3.63, 3.8) is 0 Å². The van der Waals surface area contributed by atoms with Gasteiger partial charge >= 0.3 is 6.36 Å². The van der Waals surface area contributed by atoms with Gasteiger partial charge in [0.15, 0.2) is 5.75 Å². The van der Waals surface area contributed by atoms with Crippen LogP contribution in [0.5, 0.6) is 5.75 Å². The minimum atomic E-state index is -5.01. The molecule has 13 heteroatoms. The Morgan fingerprint density at radius 2 is 1.82 bits per heavy atom. The van der Waals surface area contributed by atoms with E-state index in [1.807, 2.05) is 4.90 Å². The first kappa shape index (κ1) is 26.5. The molecule has 3 heterocycles. The summed E-state index contributed by atoms with van der Waals surface area (Å²) in [4.78, 5) is 31.3. The second kappa shape index (κ2) is 10.6. The molecule has 2 bridgehead atoms. The highest BCUT2D eigenvalue weighted by Gasteiger charge is 2.39. The van der Waals surface area contributed by atoms with Gasteiger partial charge in [-0.15, -0.1) is 13.2 Å². The zero-order chi connectivity index (χ0) is 27.7. The molecule has 2 aliphatic rings. The number of nitrogens with one attached hydrogen (secondary N) is 2. The minimum Gasteiger partial charge on any atom is -0.404 e. The van der Waals surface area contributed by atoms with Crippen molar-refractivity contribution in [2.75, 3.05) is 30.3 Å². The van der Waals surface area contributed by atoms with Crippen LogP contribution in [0.1, 0.15) is 16.8 Å². The lowest BCUT2D eigenvalue weighted by Gasteiger charge is -2.26. The van der Waals surface area contributed by atoms with Crippen molar-refractivity contribution in [3.05, 3.63) is 71.9 Å². The number of aromatic nitrogens is 1. The van der Waals surface area contributed by atoms with E-state index >= 15 is 0 Å². The highest BCUT2D eigenvalue weighted by molar-refractivity contribution is 6.05. The molecule has 2 saturated heterocycles. The lowest BCUT2D eigenvalue weighted by atomic mass is 10.1. The molecule has 2 atom stereocenters. The summed E-state index contributed by atoms with van der Waals surface area (Å²) in [5.41, 5.74) is 0.269. The number of ether oxygens (including phenoxy) is 2. The summed E-state index contributed by atoms with van der Waals surface area (Å²) in [6.45, 7) is 1.01. The molecule has 0 unspecified atom stereocenters. The van der Waals surface area contributed by atoms with Crippen molar-refractivity contribution < 1.29 is 41.0 Å². The van der Waals surface area contributed by atoms with Gasteiger partial charge in [-0.2, -0.15) is 0 Å². The van der Waals surface area contributed by atoms with Crippen LogP contribution in [0, 0.1) is 11.6 Å². The molecule has 2 amide bonds. The van der Waals surface area contributed by atoms with E-state index in [1.165, 1.54) is 24.4 Å². The van der Waals surface area contributed by atoms with E-state index < -0.39 is 35.6 Å². The number of pyridine rings is 1. The molecule has 0 aliphatic carbocycles. The number of carbonyl (C=O) groups excluding carboxylic acids is 2. The smallest absolute Gasteiger partial charge is 0.404 e. The first-order chi connectivity index (χ1) is 18.5. The third-order valence-electron chi connectivity index (χ3n) is 6.28. The molecule has 0 spiro atoms. The van der Waals surface area contributed by atoms with Gasteiger partial charge in [-0.05, 0) is 48.9 Å². The molecule has 1 aromatic heterocycles. The maximum Gasteiger partial charge on any atom is 0.573 e. The zero-order valence-corrected chi connectivity index (χ0v) is 20.1. The van der Waals surface area contributed by atoms with Crippen molar-refractivity contribution in [2.24, 2.45) is 0 Å². The van der Waals surface area contributed by atoms with Crippen LogP contribution in [0.25, 0.3) is 11.3 Å². The summed E-state index contributed by atoms with van der Waals surface area (Å²) in [5, 5.41) is 4.96. The summed E-state index contributed by atoms with van der Waals surface area (Å²) in [7, 11) is 0. The number of benzene rings is 2. The Balaban J connectivity index is 1.30. The maximum absolute atomic E-state index is 13.5. The number of anilines is 2. The summed E-state index contributed by atoms with van der Waals surface area (Å²) in [6.07, 6.45) is -2.98. The maximum atomic E-state index is 13.5. The Hall–Kier alpha value is -4.10. The van der Waals surface area contributed by atoms with Crippen LogP contribution in [-0.2, 0) is 9.53 Å². The molecule has 5 rings (SSSR count). The number of nitrogens with zero attached hydrogens (tertiary/aromatic N) is 2. The molecule has 2 N–H and O–H groups in total. The molecular weight excluding hydrogens is 527 g/mol. The lowest BCUT2D eigenvalue weighted by Crippen LogP contribution is -2.41. The average Bonchev–Trinajstić information content (AvgIpc) is 3.48. The van der Waals surface area contributed by atoms with Crippen molar-refractivity contribution in [3.8, 4) is 17.0 Å². The van der Waals surface area contributed by atoms with Crippen LogP contribution in [-0.4, -0.2) is 59.9 Å². The fraction of sp³-hybridized carbons (Fsp3) is 0.269. The van der Waals surface area contributed by atoms with Crippen molar-refractivity contribution in [1.82, 2.24) is 9.88 Å². The van der Waals surface area contributed by atoms with E-state index in [0.29, 0.717) is 13.2 Å². The fourth-order valence-corrected chi connectivity index (χ4v) is 4.57. The minimum absolute atomic E-state index is 0.0419. The Morgan fingerprint density at radius 1 is 1.05 bits per heavy atom. The number of rotatable bonds is 7. The monoisotopic (exact) mass is 548 g/mol. The molecule has 0 radical (unpaired) electrons. The second-order valence-corrected chi connectivity index (χ2v) is 9.13. The van der Waals surface area contributed by atoms with E-state index in [2.05, 4.69) is 20.4 Å². The molecule has 2 fully saturated rings. The van der Waals surface area contributed by atoms with Crippen molar-refractivity contribution in [1.29, 1.82) is 0 Å². The molecule has 0 saturated carbocycles. The van der Waals surface area contributed by atoms with Crippen LogP contribution >= 0.6 is 0 Å². The third kappa shape index (κ3) is 6.49. The number of likely N-dealkylation sites (tertiary alicyclic amines) is 1. The van der Waals surface area contributed by atoms with Gasteiger partial charge in [-0.25, -0.2) is 8.78 Å². The number of alkyl halides is 3. The number of amides is 2. The Labute approximate surface area is 218 Å². The Kier molecular flexibility index (Phi) is 7.19. The molecule has 39 heavy (non-hydrogen) atoms. The van der Waals surface area contributed by atoms with Crippen LogP contribution < -0.4 is 15.4 Å². The van der Waals surface area contributed by atoms with E-state index in [4.69, 9.17) is 4.74 Å². The van der Waals surface area contributed by atoms with Crippen molar-refractivity contribution in [2.45, 2.75) is 24.9 Å². The van der Waals surface area contributed by atoms with Gasteiger partial charge in [0.25, 0.3) is 5.91 Å². The number of morpholine rings is 1. The first-order valence-electron chi connectivity index (χ1n) is 11.8. The summed E-state index contributed by atoms with van der Waals surface area (Å²) in [6, 6.07) is 9.06. The normalized spacial score (nSPS) is 18.7. The molecular formula is C26H21F5N4O4. The summed E-state index contributed by atoms with van der Waals surface area (Å²) >= 11 is 0. The van der Waals surface area contributed by atoms with E-state index in [1.54, 1.807) is 0 Å². The van der Waals surface area contributed by atoms with Gasteiger partial charge in [0.2, 0.25) is 5.91 Å². The first-order valence-corrected chi connectivity index (χ1v) is 11.8. The number of carbonyl (C=O) groups is 2. The number of halogens is 5. The van der Waals surface area contributed by atoms with Gasteiger partial charge in [0.05, 0.1) is 36.2 Å². The van der Waals surface area contributed by atoms with E-state index in [0.717, 1.165) is 36.8 Å². The van der Waals surface area contributed by atoms with Crippen LogP contribution in [0.15, 0.2) is 54.7 Å². The van der Waals surface area contributed by atoms with Gasteiger partial charge in [-0.1, -0.05) is 0 Å². The van der Waals surface area contributed by atoms with Crippen LogP contribution in [0.4, 0.5) is 33.3 Å². The van der Waals surface area contributed by atoms with E-state index in [-0.39, 0.29) is 46.9 Å². The average molecular weight is 548 g/mol. The molecule has 204 valence electrons. The Morgan fingerprint density at radius 3 is 2.44 bits per heavy atom. The second-order valence-electron chi connectivity index (χ2n) is 9.13. The predicted octanol–water partition coefficient (Wildman–Crippen LogP) is 4.59. The topological polar surface area (TPSA) is 92.8 Å². The number of hydrogen-bond acceptors (Lipinski definition) is 6. The third-order valence-corrected chi connectivity index (χ3v) is 6.28. The van der Waals surface area contributed by atoms with Crippen LogP contribution in [0.2, 0.25) is 0 Å². The van der Waals surface area contributed by atoms with Gasteiger partial charge in [0.1, 0.15) is 11.6 Å². The van der Waals surface area contributed by atoms with Gasteiger partial charge < -0.3 is 20.1 Å². The van der Waals surface area contributed by atoms with Gasteiger partial charge in [0, 0.05) is 36.1 Å². The number of hydrogen-bond donors (Lipinski definition) is 2. The standard InChI is InChI=1S/C26H21F5N4O4/c27-16-5-15(6-17(28)7-16)21-3-1-14(10-32-21)25(37)33-18-2-4-23(39-26(29,30)31)22(8-18)34-24(36)12-35-11-20-9-19(35)13-38-20/h1-8,10,19-20H,9,11-13H2,(H,33,37)(H,34,36)/t19-,20-/m0/s1. The van der Waals surface area contributed by atoms with Gasteiger partial charge in [-0.3, -0.25) is 19.5 Å². The molecule has 3 aromatic rings. The summed E-state index contributed by atoms with van der Waals surface area (Å²) < 4.78 is 75.4. The quantitative estimate of drug-likeness (QED) is 0.420. The SMILES string of the molecule is O=C(CN1C[C@@H]2C[C@H]1CO2)Nc1cc(NC(=O)c2ccc(-c3cc(F)cc(F)c3)nc2)ccc1OC(F)(F)F. The molecule has 2 aliphatic heterocycles. The molecule has 8 nitrogen and oxygen atoms in total.